The van der Waals surface area contributed by atoms with Crippen LogP contribution < -0.4 is 10.2 Å². The molecule has 21 heavy (non-hydrogen) atoms. The summed E-state index contributed by atoms with van der Waals surface area (Å²) in [6, 6.07) is 3.84. The second-order valence-corrected chi connectivity index (χ2v) is 5.24. The van der Waals surface area contributed by atoms with Crippen molar-refractivity contribution in [3.63, 3.8) is 0 Å². The van der Waals surface area contributed by atoms with Crippen LogP contribution in [0.15, 0.2) is 18.2 Å². The maximum Gasteiger partial charge on any atom is 0.245 e. The molecule has 0 aromatic heterocycles. The number of carbonyl (C=O) groups excluding carboxylic acids is 2. The van der Waals surface area contributed by atoms with Crippen molar-refractivity contribution >= 4 is 17.9 Å². The third kappa shape index (κ3) is 3.39. The van der Waals surface area contributed by atoms with Gasteiger partial charge in [0.15, 0.2) is 6.29 Å². The summed E-state index contributed by atoms with van der Waals surface area (Å²) in [6.45, 7) is 4.81. The molecule has 1 aliphatic heterocycles. The zero-order valence-electron chi connectivity index (χ0n) is 12.1. The molecule has 1 atom stereocenters. The number of aldehydes is 1. The van der Waals surface area contributed by atoms with E-state index in [2.05, 4.69) is 5.32 Å². The molecule has 114 valence electrons. The lowest BCUT2D eigenvalue weighted by Gasteiger charge is -2.37. The van der Waals surface area contributed by atoms with E-state index in [0.717, 1.165) is 0 Å². The summed E-state index contributed by atoms with van der Waals surface area (Å²) in [5.74, 6) is -0.775. The molecule has 1 unspecified atom stereocenters. The van der Waals surface area contributed by atoms with Gasteiger partial charge in [0.05, 0.1) is 24.5 Å². The molecule has 1 fully saturated rings. The highest BCUT2D eigenvalue weighted by Gasteiger charge is 2.31. The summed E-state index contributed by atoms with van der Waals surface area (Å²) in [4.78, 5) is 25.1. The van der Waals surface area contributed by atoms with Crippen molar-refractivity contribution in [1.82, 2.24) is 5.32 Å². The molecular weight excluding hydrogens is 275 g/mol. The second kappa shape index (κ2) is 6.67. The molecule has 0 saturated carbocycles. The molecule has 1 aromatic carbocycles. The number of morpholine rings is 1. The van der Waals surface area contributed by atoms with Crippen LogP contribution in [0, 0.1) is 5.82 Å². The smallest absolute Gasteiger partial charge is 0.245 e. The van der Waals surface area contributed by atoms with E-state index in [1.165, 1.54) is 12.1 Å². The van der Waals surface area contributed by atoms with E-state index >= 15 is 0 Å². The van der Waals surface area contributed by atoms with Gasteiger partial charge in [-0.1, -0.05) is 6.07 Å². The van der Waals surface area contributed by atoms with Gasteiger partial charge in [0, 0.05) is 12.6 Å². The topological polar surface area (TPSA) is 58.6 Å². The summed E-state index contributed by atoms with van der Waals surface area (Å²) in [5, 5.41) is 2.82. The van der Waals surface area contributed by atoms with Gasteiger partial charge < -0.3 is 15.0 Å². The van der Waals surface area contributed by atoms with E-state index in [1.807, 2.05) is 13.8 Å². The third-order valence-corrected chi connectivity index (χ3v) is 3.32. The molecule has 1 heterocycles. The molecule has 0 spiro atoms. The van der Waals surface area contributed by atoms with Crippen molar-refractivity contribution in [3.8, 4) is 0 Å². The van der Waals surface area contributed by atoms with Crippen molar-refractivity contribution in [2.75, 3.05) is 24.7 Å². The lowest BCUT2D eigenvalue weighted by atomic mass is 10.1. The number of ether oxygens (including phenoxy) is 1. The molecule has 5 nitrogen and oxygen atoms in total. The molecule has 0 radical (unpaired) electrons. The first-order valence-corrected chi connectivity index (χ1v) is 6.93. The maximum atomic E-state index is 13.8. The fourth-order valence-corrected chi connectivity index (χ4v) is 2.38. The largest absolute Gasteiger partial charge is 0.377 e. The van der Waals surface area contributed by atoms with Crippen LogP contribution in [0.4, 0.5) is 10.1 Å². The van der Waals surface area contributed by atoms with E-state index in [4.69, 9.17) is 4.74 Å². The highest BCUT2D eigenvalue weighted by molar-refractivity contribution is 5.90. The van der Waals surface area contributed by atoms with Crippen LogP contribution in [0.1, 0.15) is 24.2 Å². The van der Waals surface area contributed by atoms with Gasteiger partial charge in [-0.3, -0.25) is 9.59 Å². The van der Waals surface area contributed by atoms with Gasteiger partial charge in [0.25, 0.3) is 0 Å². The average Bonchev–Trinajstić information content (AvgIpc) is 2.46. The number of halogens is 1. The minimum atomic E-state index is -0.586. The highest BCUT2D eigenvalue weighted by atomic mass is 19.1. The first-order chi connectivity index (χ1) is 10.0. The second-order valence-electron chi connectivity index (χ2n) is 5.24. The molecule has 1 aromatic rings. The lowest BCUT2D eigenvalue weighted by Crippen LogP contribution is -2.55. The molecule has 2 rings (SSSR count). The standard InChI is InChI=1S/C15H19FN2O3/c1-10(2)17-15(20)14-9-21-7-6-18(14)13-5-3-4-12(16)11(13)8-19/h3-5,8,10,14H,6-7,9H2,1-2H3,(H,17,20). The van der Waals surface area contributed by atoms with Gasteiger partial charge >= 0.3 is 0 Å². The zero-order chi connectivity index (χ0) is 15.4. The Balaban J connectivity index is 2.33. The SMILES string of the molecule is CC(C)NC(=O)C1COCCN1c1cccc(F)c1C=O. The van der Waals surface area contributed by atoms with E-state index in [0.29, 0.717) is 25.1 Å². The third-order valence-electron chi connectivity index (χ3n) is 3.32. The van der Waals surface area contributed by atoms with E-state index in [9.17, 15) is 14.0 Å². The number of nitrogens with one attached hydrogen (secondary N) is 1. The van der Waals surface area contributed by atoms with Crippen LogP contribution in [0.2, 0.25) is 0 Å². The van der Waals surface area contributed by atoms with Crippen LogP contribution in [0.5, 0.6) is 0 Å². The minimum Gasteiger partial charge on any atom is -0.377 e. The Bertz CT molecular complexity index is 534. The number of amides is 1. The first kappa shape index (κ1) is 15.4. The van der Waals surface area contributed by atoms with Gasteiger partial charge in [-0.15, -0.1) is 0 Å². The van der Waals surface area contributed by atoms with Gasteiger partial charge in [-0.2, -0.15) is 0 Å². The Kier molecular flexibility index (Phi) is 4.90. The first-order valence-electron chi connectivity index (χ1n) is 6.93. The van der Waals surface area contributed by atoms with E-state index in [-0.39, 0.29) is 24.1 Å². The van der Waals surface area contributed by atoms with Gasteiger partial charge in [-0.05, 0) is 26.0 Å². The monoisotopic (exact) mass is 294 g/mol. The number of nitrogens with zero attached hydrogens (tertiary/aromatic N) is 1. The van der Waals surface area contributed by atoms with Crippen molar-refractivity contribution in [3.05, 3.63) is 29.6 Å². The number of benzene rings is 1. The van der Waals surface area contributed by atoms with Gasteiger partial charge in [-0.25, -0.2) is 4.39 Å². The van der Waals surface area contributed by atoms with Gasteiger partial charge in [0.1, 0.15) is 11.9 Å². The summed E-state index contributed by atoms with van der Waals surface area (Å²) in [7, 11) is 0. The normalized spacial score (nSPS) is 18.7. The molecule has 1 N–H and O–H groups in total. The summed E-state index contributed by atoms with van der Waals surface area (Å²) >= 11 is 0. The minimum absolute atomic E-state index is 0.000623. The Labute approximate surface area is 123 Å². The number of hydrogen-bond acceptors (Lipinski definition) is 4. The van der Waals surface area contributed by atoms with Crippen molar-refractivity contribution < 1.29 is 18.7 Å². The van der Waals surface area contributed by atoms with Crippen molar-refractivity contribution in [2.24, 2.45) is 0 Å². The Morgan fingerprint density at radius 3 is 2.95 bits per heavy atom. The van der Waals surface area contributed by atoms with E-state index in [1.54, 1.807) is 11.0 Å². The Hall–Kier alpha value is -1.95. The Morgan fingerprint density at radius 1 is 1.52 bits per heavy atom. The van der Waals surface area contributed by atoms with Crippen LogP contribution in [-0.4, -0.2) is 44.0 Å². The summed E-state index contributed by atoms with van der Waals surface area (Å²) < 4.78 is 19.1. The molecular formula is C15H19FN2O3. The van der Waals surface area contributed by atoms with Crippen molar-refractivity contribution in [1.29, 1.82) is 0 Å². The average molecular weight is 294 g/mol. The predicted molar refractivity (Wildman–Crippen MR) is 77.0 cm³/mol. The zero-order valence-corrected chi connectivity index (χ0v) is 12.1. The number of carbonyl (C=O) groups is 2. The molecule has 0 aliphatic carbocycles. The molecule has 0 bridgehead atoms. The highest BCUT2D eigenvalue weighted by Crippen LogP contribution is 2.25. The lowest BCUT2D eigenvalue weighted by molar-refractivity contribution is -0.125. The predicted octanol–water partition coefficient (Wildman–Crippen LogP) is 1.37. The quantitative estimate of drug-likeness (QED) is 0.852. The van der Waals surface area contributed by atoms with Crippen LogP contribution in [0.25, 0.3) is 0 Å². The van der Waals surface area contributed by atoms with Crippen molar-refractivity contribution in [2.45, 2.75) is 25.9 Å². The van der Waals surface area contributed by atoms with Gasteiger partial charge in [0.2, 0.25) is 5.91 Å². The fourth-order valence-electron chi connectivity index (χ4n) is 2.38. The number of anilines is 1. The summed E-state index contributed by atoms with van der Waals surface area (Å²) in [6.07, 6.45) is 0.484. The maximum absolute atomic E-state index is 13.8. The molecule has 1 amide bonds. The van der Waals surface area contributed by atoms with Crippen LogP contribution in [0.3, 0.4) is 0 Å². The molecule has 1 aliphatic rings. The fraction of sp³-hybridized carbons (Fsp3) is 0.467. The molecule has 1 saturated heterocycles. The number of rotatable bonds is 4. The summed E-state index contributed by atoms with van der Waals surface area (Å²) in [5.41, 5.74) is 0.402. The molecule has 6 heteroatoms. The van der Waals surface area contributed by atoms with Crippen LogP contribution >= 0.6 is 0 Å². The Morgan fingerprint density at radius 2 is 2.29 bits per heavy atom. The number of hydrogen-bond donors (Lipinski definition) is 1. The van der Waals surface area contributed by atoms with Crippen LogP contribution in [-0.2, 0) is 9.53 Å². The van der Waals surface area contributed by atoms with E-state index < -0.39 is 11.9 Å².